The summed E-state index contributed by atoms with van der Waals surface area (Å²) in [5, 5.41) is 0.619. The van der Waals surface area contributed by atoms with Crippen molar-refractivity contribution in [3.05, 3.63) is 58.6 Å². The Morgan fingerprint density at radius 3 is 2.64 bits per heavy atom. The van der Waals surface area contributed by atoms with Gasteiger partial charge >= 0.3 is 0 Å². The highest BCUT2D eigenvalue weighted by Crippen LogP contribution is 2.27. The Morgan fingerprint density at radius 2 is 1.95 bits per heavy atom. The number of para-hydroxylation sites is 1. The van der Waals surface area contributed by atoms with Gasteiger partial charge in [-0.05, 0) is 55.2 Å². The Labute approximate surface area is 137 Å². The SMILES string of the molecule is CCc1ccccc1N=Cc1ccc(O[C@@H](C)CC)c(Cl)c1. The molecular weight excluding hydrogens is 294 g/mol. The molecule has 0 aliphatic rings. The lowest BCUT2D eigenvalue weighted by Gasteiger charge is -2.13. The highest BCUT2D eigenvalue weighted by Gasteiger charge is 2.06. The molecule has 1 atom stereocenters. The van der Waals surface area contributed by atoms with E-state index >= 15 is 0 Å². The van der Waals surface area contributed by atoms with Crippen LogP contribution in [0.15, 0.2) is 47.5 Å². The van der Waals surface area contributed by atoms with Gasteiger partial charge in [0.25, 0.3) is 0 Å². The molecule has 2 aromatic rings. The first-order chi connectivity index (χ1) is 10.6. The molecule has 0 aromatic heterocycles. The summed E-state index contributed by atoms with van der Waals surface area (Å²) in [6, 6.07) is 13.9. The standard InChI is InChI=1S/C19H22ClNO/c1-4-14(3)22-19-11-10-15(12-17(19)20)13-21-18-9-7-6-8-16(18)5-2/h6-14H,4-5H2,1-3H3/t14-/m0/s1. The molecule has 0 saturated heterocycles. The van der Waals surface area contributed by atoms with Crippen molar-refractivity contribution in [1.29, 1.82) is 0 Å². The number of rotatable bonds is 6. The third kappa shape index (κ3) is 4.35. The summed E-state index contributed by atoms with van der Waals surface area (Å²) in [7, 11) is 0. The number of aliphatic imine (C=N–C) groups is 1. The molecule has 0 saturated carbocycles. The van der Waals surface area contributed by atoms with E-state index in [0.29, 0.717) is 5.02 Å². The Bertz CT molecular complexity index is 652. The minimum Gasteiger partial charge on any atom is -0.489 e. The van der Waals surface area contributed by atoms with Crippen LogP contribution in [0, 0.1) is 0 Å². The minimum absolute atomic E-state index is 0.161. The van der Waals surface area contributed by atoms with Gasteiger partial charge in [-0.15, -0.1) is 0 Å². The number of hydrogen-bond donors (Lipinski definition) is 0. The molecule has 0 unspecified atom stereocenters. The molecule has 0 bridgehead atoms. The van der Waals surface area contributed by atoms with Gasteiger partial charge in [0, 0.05) is 6.21 Å². The third-order valence-corrected chi connectivity index (χ3v) is 3.88. The summed E-state index contributed by atoms with van der Waals surface area (Å²) < 4.78 is 5.77. The second kappa shape index (κ2) is 8.00. The molecule has 2 nitrogen and oxygen atoms in total. The zero-order valence-corrected chi connectivity index (χ0v) is 14.1. The fraction of sp³-hybridized carbons (Fsp3) is 0.316. The van der Waals surface area contributed by atoms with Crippen molar-refractivity contribution in [3.8, 4) is 5.75 Å². The first-order valence-electron chi connectivity index (χ1n) is 7.72. The zero-order valence-electron chi connectivity index (χ0n) is 13.3. The molecular formula is C19H22ClNO. The van der Waals surface area contributed by atoms with Gasteiger partial charge < -0.3 is 4.74 Å². The van der Waals surface area contributed by atoms with Gasteiger partial charge in [0.05, 0.1) is 16.8 Å². The quantitative estimate of drug-likeness (QED) is 0.614. The number of nitrogens with zero attached hydrogens (tertiary/aromatic N) is 1. The number of hydrogen-bond acceptors (Lipinski definition) is 2. The van der Waals surface area contributed by atoms with E-state index in [0.717, 1.165) is 29.8 Å². The summed E-state index contributed by atoms with van der Waals surface area (Å²) in [4.78, 5) is 4.57. The Hall–Kier alpha value is -1.80. The Morgan fingerprint density at radius 1 is 1.18 bits per heavy atom. The fourth-order valence-corrected chi connectivity index (χ4v) is 2.31. The highest BCUT2D eigenvalue weighted by molar-refractivity contribution is 6.32. The van der Waals surface area contributed by atoms with E-state index < -0.39 is 0 Å². The van der Waals surface area contributed by atoms with Crippen LogP contribution in [0.5, 0.6) is 5.75 Å². The molecule has 3 heteroatoms. The molecule has 0 heterocycles. The minimum atomic E-state index is 0.161. The summed E-state index contributed by atoms with van der Waals surface area (Å²) in [5.41, 5.74) is 3.20. The number of benzene rings is 2. The van der Waals surface area contributed by atoms with Gasteiger partial charge in [0.1, 0.15) is 5.75 Å². The van der Waals surface area contributed by atoms with Crippen LogP contribution in [-0.2, 0) is 6.42 Å². The number of halogens is 1. The van der Waals surface area contributed by atoms with Crippen LogP contribution in [0.1, 0.15) is 38.3 Å². The summed E-state index contributed by atoms with van der Waals surface area (Å²) in [6.07, 6.45) is 3.92. The highest BCUT2D eigenvalue weighted by atomic mass is 35.5. The van der Waals surface area contributed by atoms with Gasteiger partial charge in [0.2, 0.25) is 0 Å². The van der Waals surface area contributed by atoms with Crippen LogP contribution in [0.4, 0.5) is 5.69 Å². The van der Waals surface area contributed by atoms with Crippen molar-refractivity contribution in [3.63, 3.8) is 0 Å². The molecule has 116 valence electrons. The monoisotopic (exact) mass is 315 g/mol. The zero-order chi connectivity index (χ0) is 15.9. The van der Waals surface area contributed by atoms with Crippen molar-refractivity contribution < 1.29 is 4.74 Å². The second-order valence-corrected chi connectivity index (χ2v) is 5.67. The molecule has 0 radical (unpaired) electrons. The molecule has 0 amide bonds. The molecule has 0 aliphatic carbocycles. The van der Waals surface area contributed by atoms with E-state index in [4.69, 9.17) is 16.3 Å². The second-order valence-electron chi connectivity index (χ2n) is 5.27. The van der Waals surface area contributed by atoms with Crippen molar-refractivity contribution >= 4 is 23.5 Å². The maximum atomic E-state index is 6.28. The van der Waals surface area contributed by atoms with E-state index in [1.165, 1.54) is 5.56 Å². The third-order valence-electron chi connectivity index (χ3n) is 3.58. The maximum Gasteiger partial charge on any atom is 0.138 e. The number of aryl methyl sites for hydroxylation is 1. The van der Waals surface area contributed by atoms with E-state index in [-0.39, 0.29) is 6.10 Å². The molecule has 2 aromatic carbocycles. The average Bonchev–Trinajstić information content (AvgIpc) is 2.55. The van der Waals surface area contributed by atoms with Gasteiger partial charge in [-0.2, -0.15) is 0 Å². The Balaban J connectivity index is 2.17. The van der Waals surface area contributed by atoms with Crippen LogP contribution < -0.4 is 4.74 Å². The smallest absolute Gasteiger partial charge is 0.138 e. The lowest BCUT2D eigenvalue weighted by Crippen LogP contribution is -2.09. The van der Waals surface area contributed by atoms with Gasteiger partial charge in [-0.3, -0.25) is 4.99 Å². The molecule has 0 fully saturated rings. The first-order valence-corrected chi connectivity index (χ1v) is 8.10. The van der Waals surface area contributed by atoms with Crippen LogP contribution in [0.25, 0.3) is 0 Å². The molecule has 0 N–H and O–H groups in total. The van der Waals surface area contributed by atoms with Gasteiger partial charge in [-0.25, -0.2) is 0 Å². The Kier molecular flexibility index (Phi) is 6.02. The van der Waals surface area contributed by atoms with Gasteiger partial charge in [0.15, 0.2) is 0 Å². The molecule has 2 rings (SSSR count). The normalized spacial score (nSPS) is 12.5. The maximum absolute atomic E-state index is 6.28. The largest absolute Gasteiger partial charge is 0.489 e. The van der Waals surface area contributed by atoms with E-state index in [1.54, 1.807) is 0 Å². The summed E-state index contributed by atoms with van der Waals surface area (Å²) >= 11 is 6.28. The predicted octanol–water partition coefficient (Wildman–Crippen LogP) is 5.83. The average molecular weight is 316 g/mol. The van der Waals surface area contributed by atoms with Crippen molar-refractivity contribution in [1.82, 2.24) is 0 Å². The predicted molar refractivity (Wildman–Crippen MR) is 94.9 cm³/mol. The number of ether oxygens (including phenoxy) is 1. The van der Waals surface area contributed by atoms with Crippen molar-refractivity contribution in [2.45, 2.75) is 39.7 Å². The van der Waals surface area contributed by atoms with E-state index in [1.807, 2.05) is 49.5 Å². The van der Waals surface area contributed by atoms with Crippen LogP contribution in [0.3, 0.4) is 0 Å². The lowest BCUT2D eigenvalue weighted by atomic mass is 10.1. The van der Waals surface area contributed by atoms with E-state index in [2.05, 4.69) is 24.9 Å². The van der Waals surface area contributed by atoms with E-state index in [9.17, 15) is 0 Å². The molecule has 0 aliphatic heterocycles. The van der Waals surface area contributed by atoms with Crippen LogP contribution in [0.2, 0.25) is 5.02 Å². The van der Waals surface area contributed by atoms with Crippen LogP contribution >= 0.6 is 11.6 Å². The molecule has 0 spiro atoms. The topological polar surface area (TPSA) is 21.6 Å². The fourth-order valence-electron chi connectivity index (χ4n) is 2.07. The first kappa shape index (κ1) is 16.6. The van der Waals surface area contributed by atoms with Gasteiger partial charge in [-0.1, -0.05) is 43.6 Å². The molecule has 22 heavy (non-hydrogen) atoms. The van der Waals surface area contributed by atoms with Crippen molar-refractivity contribution in [2.75, 3.05) is 0 Å². The summed E-state index contributed by atoms with van der Waals surface area (Å²) in [6.45, 7) is 6.25. The summed E-state index contributed by atoms with van der Waals surface area (Å²) in [5.74, 6) is 0.724. The van der Waals surface area contributed by atoms with Crippen LogP contribution in [-0.4, -0.2) is 12.3 Å². The lowest BCUT2D eigenvalue weighted by molar-refractivity contribution is 0.217. The van der Waals surface area contributed by atoms with Crippen molar-refractivity contribution in [2.24, 2.45) is 4.99 Å².